The molecule has 3 heteroatoms. The highest BCUT2D eigenvalue weighted by Crippen LogP contribution is 2.33. The first-order valence-corrected chi connectivity index (χ1v) is 6.65. The second kappa shape index (κ2) is 5.00. The van der Waals surface area contributed by atoms with Crippen molar-refractivity contribution >= 4 is 17.5 Å². The Hall–Kier alpha value is -0.830. The fourth-order valence-electron chi connectivity index (χ4n) is 1.99. The zero-order valence-electron chi connectivity index (χ0n) is 9.77. The first-order chi connectivity index (χ1) is 7.65. The third-order valence-electron chi connectivity index (χ3n) is 2.99. The molecule has 1 aromatic heterocycles. The minimum absolute atomic E-state index is 0.153. The quantitative estimate of drug-likeness (QED) is 0.788. The second-order valence-electron chi connectivity index (χ2n) is 4.59. The van der Waals surface area contributed by atoms with Gasteiger partial charge in [-0.1, -0.05) is 6.92 Å². The average molecular weight is 235 g/mol. The van der Waals surface area contributed by atoms with Gasteiger partial charge < -0.3 is 0 Å². The van der Waals surface area contributed by atoms with Crippen LogP contribution >= 0.6 is 11.8 Å². The van der Waals surface area contributed by atoms with Gasteiger partial charge in [-0.2, -0.15) is 0 Å². The van der Waals surface area contributed by atoms with Gasteiger partial charge in [0, 0.05) is 23.2 Å². The Labute approximate surface area is 101 Å². The van der Waals surface area contributed by atoms with Crippen LogP contribution in [0.2, 0.25) is 0 Å². The highest BCUT2D eigenvalue weighted by atomic mass is 32.2. The molecular weight excluding hydrogens is 218 g/mol. The van der Waals surface area contributed by atoms with E-state index in [1.165, 1.54) is 6.42 Å². The van der Waals surface area contributed by atoms with E-state index in [0.29, 0.717) is 11.7 Å². The SMILES string of the molecule is Cc1ccc(SC2CCC(C)CC2=O)cn1. The minimum atomic E-state index is 0.153. The molecule has 0 aromatic carbocycles. The van der Waals surface area contributed by atoms with E-state index in [9.17, 15) is 4.79 Å². The largest absolute Gasteiger partial charge is 0.298 e. The van der Waals surface area contributed by atoms with Gasteiger partial charge in [-0.15, -0.1) is 11.8 Å². The van der Waals surface area contributed by atoms with Crippen LogP contribution < -0.4 is 0 Å². The number of hydrogen-bond donors (Lipinski definition) is 0. The first kappa shape index (κ1) is 11.6. The Balaban J connectivity index is 1.99. The lowest BCUT2D eigenvalue weighted by atomic mass is 9.89. The van der Waals surface area contributed by atoms with Gasteiger partial charge in [0.2, 0.25) is 0 Å². The second-order valence-corrected chi connectivity index (χ2v) is 5.87. The normalized spacial score (nSPS) is 25.8. The van der Waals surface area contributed by atoms with E-state index < -0.39 is 0 Å². The fourth-order valence-corrected chi connectivity index (χ4v) is 3.06. The molecule has 2 unspecified atom stereocenters. The molecule has 0 amide bonds. The van der Waals surface area contributed by atoms with Crippen molar-refractivity contribution in [2.75, 3.05) is 0 Å². The first-order valence-electron chi connectivity index (χ1n) is 5.77. The molecule has 1 fully saturated rings. The summed E-state index contributed by atoms with van der Waals surface area (Å²) in [5, 5.41) is 0.153. The van der Waals surface area contributed by atoms with Gasteiger partial charge in [0.1, 0.15) is 5.78 Å². The molecule has 1 saturated carbocycles. The van der Waals surface area contributed by atoms with E-state index in [2.05, 4.69) is 18.0 Å². The summed E-state index contributed by atoms with van der Waals surface area (Å²) < 4.78 is 0. The Bertz CT molecular complexity index is 374. The van der Waals surface area contributed by atoms with Crippen LogP contribution in [0.4, 0.5) is 0 Å². The molecule has 16 heavy (non-hydrogen) atoms. The molecule has 1 aliphatic rings. The van der Waals surface area contributed by atoms with Crippen molar-refractivity contribution in [3.05, 3.63) is 24.0 Å². The van der Waals surface area contributed by atoms with E-state index in [-0.39, 0.29) is 5.25 Å². The van der Waals surface area contributed by atoms with Gasteiger partial charge in [-0.25, -0.2) is 0 Å². The van der Waals surface area contributed by atoms with Gasteiger partial charge in [0.15, 0.2) is 0 Å². The number of aromatic nitrogens is 1. The van der Waals surface area contributed by atoms with E-state index in [4.69, 9.17) is 0 Å². The molecule has 0 radical (unpaired) electrons. The summed E-state index contributed by atoms with van der Waals surface area (Å²) in [6, 6.07) is 4.05. The molecule has 2 nitrogen and oxygen atoms in total. The zero-order chi connectivity index (χ0) is 11.5. The number of ketones is 1. The predicted molar refractivity (Wildman–Crippen MR) is 66.6 cm³/mol. The maximum absolute atomic E-state index is 11.8. The summed E-state index contributed by atoms with van der Waals surface area (Å²) in [5.41, 5.74) is 1.02. The van der Waals surface area contributed by atoms with Crippen molar-refractivity contribution in [1.29, 1.82) is 0 Å². The number of carbonyl (C=O) groups excluding carboxylic acids is 1. The van der Waals surface area contributed by atoms with Crippen LogP contribution in [0.25, 0.3) is 0 Å². The van der Waals surface area contributed by atoms with Crippen LogP contribution in [0.3, 0.4) is 0 Å². The third kappa shape index (κ3) is 2.85. The van der Waals surface area contributed by atoms with Crippen LogP contribution in [-0.2, 0) is 4.79 Å². The Kier molecular flexibility index (Phi) is 3.64. The van der Waals surface area contributed by atoms with E-state index in [0.717, 1.165) is 23.4 Å². The fraction of sp³-hybridized carbons (Fsp3) is 0.538. The number of carbonyl (C=O) groups is 1. The van der Waals surface area contributed by atoms with Crippen LogP contribution in [0.5, 0.6) is 0 Å². The number of rotatable bonds is 2. The summed E-state index contributed by atoms with van der Waals surface area (Å²) in [5.74, 6) is 0.977. The lowest BCUT2D eigenvalue weighted by molar-refractivity contribution is -0.120. The van der Waals surface area contributed by atoms with Crippen molar-refractivity contribution in [3.63, 3.8) is 0 Å². The number of Topliss-reactive ketones (excluding diaryl/α,β-unsaturated/α-hetero) is 1. The summed E-state index contributed by atoms with van der Waals surface area (Å²) >= 11 is 1.67. The molecule has 0 bridgehead atoms. The number of pyridine rings is 1. The molecule has 1 aromatic rings. The Morgan fingerprint density at radius 3 is 2.81 bits per heavy atom. The Morgan fingerprint density at radius 1 is 1.38 bits per heavy atom. The van der Waals surface area contributed by atoms with Gasteiger partial charge in [-0.3, -0.25) is 9.78 Å². The zero-order valence-corrected chi connectivity index (χ0v) is 10.6. The Morgan fingerprint density at radius 2 is 2.19 bits per heavy atom. The molecule has 0 aliphatic heterocycles. The van der Waals surface area contributed by atoms with Crippen LogP contribution in [0, 0.1) is 12.8 Å². The van der Waals surface area contributed by atoms with Gasteiger partial charge >= 0.3 is 0 Å². The average Bonchev–Trinajstić information content (AvgIpc) is 2.25. The molecule has 0 saturated heterocycles. The van der Waals surface area contributed by atoms with E-state index in [1.54, 1.807) is 11.8 Å². The van der Waals surface area contributed by atoms with Gasteiger partial charge in [0.25, 0.3) is 0 Å². The molecule has 1 heterocycles. The summed E-state index contributed by atoms with van der Waals surface area (Å²) in [6.07, 6.45) is 4.80. The highest BCUT2D eigenvalue weighted by Gasteiger charge is 2.26. The van der Waals surface area contributed by atoms with Crippen molar-refractivity contribution in [3.8, 4) is 0 Å². The van der Waals surface area contributed by atoms with Crippen molar-refractivity contribution in [2.24, 2.45) is 5.92 Å². The van der Waals surface area contributed by atoms with Gasteiger partial charge in [0.05, 0.1) is 5.25 Å². The molecule has 1 aliphatic carbocycles. The maximum Gasteiger partial charge on any atom is 0.146 e. The predicted octanol–water partition coefficient (Wildman–Crippen LogP) is 3.24. The third-order valence-corrected chi connectivity index (χ3v) is 4.29. The summed E-state index contributed by atoms with van der Waals surface area (Å²) in [6.45, 7) is 4.13. The summed E-state index contributed by atoms with van der Waals surface area (Å²) in [7, 11) is 0. The molecule has 86 valence electrons. The molecule has 2 atom stereocenters. The topological polar surface area (TPSA) is 30.0 Å². The standard InChI is InChI=1S/C13H17NOS/c1-9-3-6-13(12(15)7-9)16-11-5-4-10(2)14-8-11/h4-5,8-9,13H,3,6-7H2,1-2H3. The molecule has 0 spiro atoms. The highest BCUT2D eigenvalue weighted by molar-refractivity contribution is 8.00. The minimum Gasteiger partial charge on any atom is -0.298 e. The van der Waals surface area contributed by atoms with Gasteiger partial charge in [-0.05, 0) is 37.8 Å². The monoisotopic (exact) mass is 235 g/mol. The van der Waals surface area contributed by atoms with Crippen LogP contribution in [-0.4, -0.2) is 16.0 Å². The van der Waals surface area contributed by atoms with E-state index >= 15 is 0 Å². The smallest absolute Gasteiger partial charge is 0.146 e. The van der Waals surface area contributed by atoms with Crippen LogP contribution in [0.1, 0.15) is 31.9 Å². The number of nitrogens with zero attached hydrogens (tertiary/aromatic N) is 1. The molecular formula is C13H17NOS. The number of aryl methyl sites for hydroxylation is 1. The van der Waals surface area contributed by atoms with Crippen LogP contribution in [0.15, 0.2) is 23.2 Å². The lowest BCUT2D eigenvalue weighted by Gasteiger charge is -2.24. The number of thioether (sulfide) groups is 1. The van der Waals surface area contributed by atoms with Crippen molar-refractivity contribution in [2.45, 2.75) is 43.3 Å². The van der Waals surface area contributed by atoms with Crippen molar-refractivity contribution < 1.29 is 4.79 Å². The number of hydrogen-bond acceptors (Lipinski definition) is 3. The maximum atomic E-state index is 11.8. The lowest BCUT2D eigenvalue weighted by Crippen LogP contribution is -2.25. The van der Waals surface area contributed by atoms with Crippen molar-refractivity contribution in [1.82, 2.24) is 4.98 Å². The molecule has 0 N–H and O–H groups in total. The van der Waals surface area contributed by atoms with E-state index in [1.807, 2.05) is 19.2 Å². The molecule has 2 rings (SSSR count). The summed E-state index contributed by atoms with van der Waals surface area (Å²) in [4.78, 5) is 17.2.